The Morgan fingerprint density at radius 2 is 1.79 bits per heavy atom. The van der Waals surface area contributed by atoms with Crippen molar-refractivity contribution < 1.29 is 26.4 Å². The van der Waals surface area contributed by atoms with Crippen LogP contribution in [0.3, 0.4) is 0 Å². The standard InChI is InChI=1S/C27H38F3N5O3S/c1-18(2)39(37,38)35(5)25-15-21(14-24(33-25)34(4)17-22-12-19(22)3)26(36)32-11-7-10-31-16-20-8-6-9-23(13-20)27(28,29)30/h6,8-9,13-15,18-19,22,31H,7,10-12,16-17H2,1-5H3,(H,32,36). The molecule has 3 rings (SSSR count). The van der Waals surface area contributed by atoms with E-state index >= 15 is 0 Å². The van der Waals surface area contributed by atoms with Crippen molar-refractivity contribution in [3.8, 4) is 0 Å². The van der Waals surface area contributed by atoms with E-state index < -0.39 is 27.0 Å². The number of hydrogen-bond donors (Lipinski definition) is 2. The van der Waals surface area contributed by atoms with Crippen molar-refractivity contribution in [1.82, 2.24) is 15.6 Å². The number of sulfonamides is 1. The van der Waals surface area contributed by atoms with Gasteiger partial charge in [0.25, 0.3) is 5.91 Å². The molecule has 1 fully saturated rings. The quantitative estimate of drug-likeness (QED) is 0.350. The van der Waals surface area contributed by atoms with Gasteiger partial charge in [-0.1, -0.05) is 25.1 Å². The second-order valence-electron chi connectivity index (χ2n) is 10.5. The Labute approximate surface area is 229 Å². The second-order valence-corrected chi connectivity index (χ2v) is 13.0. The number of nitrogens with zero attached hydrogens (tertiary/aromatic N) is 3. The van der Waals surface area contributed by atoms with Gasteiger partial charge in [0, 0.05) is 39.3 Å². The number of halogens is 3. The van der Waals surface area contributed by atoms with Gasteiger partial charge in [-0.3, -0.25) is 9.10 Å². The first-order valence-corrected chi connectivity index (χ1v) is 14.6. The van der Waals surface area contributed by atoms with Crippen molar-refractivity contribution in [3.63, 3.8) is 0 Å². The molecule has 1 amide bonds. The Hall–Kier alpha value is -2.86. The largest absolute Gasteiger partial charge is 0.416 e. The van der Waals surface area contributed by atoms with E-state index in [2.05, 4.69) is 22.5 Å². The Morgan fingerprint density at radius 1 is 1.13 bits per heavy atom. The molecule has 1 aromatic carbocycles. The highest BCUT2D eigenvalue weighted by Crippen LogP contribution is 2.38. The number of benzene rings is 1. The highest BCUT2D eigenvalue weighted by Gasteiger charge is 2.34. The normalized spacial score (nSPS) is 17.3. The summed E-state index contributed by atoms with van der Waals surface area (Å²) < 4.78 is 65.3. The lowest BCUT2D eigenvalue weighted by atomic mass is 10.1. The summed E-state index contributed by atoms with van der Waals surface area (Å²) in [4.78, 5) is 19.5. The number of hydrogen-bond acceptors (Lipinski definition) is 6. The third-order valence-electron chi connectivity index (χ3n) is 6.94. The fraction of sp³-hybridized carbons (Fsp3) is 0.556. The van der Waals surface area contributed by atoms with Crippen molar-refractivity contribution in [1.29, 1.82) is 0 Å². The molecule has 1 aliphatic rings. The number of carbonyl (C=O) groups is 1. The Balaban J connectivity index is 1.61. The third kappa shape index (κ3) is 8.31. The molecule has 1 heterocycles. The van der Waals surface area contributed by atoms with E-state index in [-0.39, 0.29) is 18.3 Å². The minimum absolute atomic E-state index is 0.171. The van der Waals surface area contributed by atoms with Crippen molar-refractivity contribution in [2.75, 3.05) is 42.9 Å². The predicted molar refractivity (Wildman–Crippen MR) is 147 cm³/mol. The summed E-state index contributed by atoms with van der Waals surface area (Å²) in [7, 11) is -0.332. The zero-order valence-corrected chi connectivity index (χ0v) is 23.9. The van der Waals surface area contributed by atoms with Crippen molar-refractivity contribution in [2.24, 2.45) is 11.8 Å². The van der Waals surface area contributed by atoms with Crippen LogP contribution in [0.4, 0.5) is 24.8 Å². The topological polar surface area (TPSA) is 94.6 Å². The molecular weight excluding hydrogens is 531 g/mol. The van der Waals surface area contributed by atoms with Gasteiger partial charge in [-0.05, 0) is 68.8 Å². The van der Waals surface area contributed by atoms with E-state index in [1.807, 2.05) is 11.9 Å². The molecule has 0 aliphatic heterocycles. The average Bonchev–Trinajstić information content (AvgIpc) is 3.58. The number of anilines is 2. The number of pyridine rings is 1. The molecule has 0 saturated heterocycles. The number of rotatable bonds is 13. The van der Waals surface area contributed by atoms with Gasteiger partial charge in [0.1, 0.15) is 11.6 Å². The molecule has 39 heavy (non-hydrogen) atoms. The Kier molecular flexibility index (Phi) is 9.87. The van der Waals surface area contributed by atoms with Gasteiger partial charge in [0.05, 0.1) is 10.8 Å². The van der Waals surface area contributed by atoms with Crippen LogP contribution >= 0.6 is 0 Å². The van der Waals surface area contributed by atoms with Gasteiger partial charge in [-0.15, -0.1) is 0 Å². The van der Waals surface area contributed by atoms with Crippen molar-refractivity contribution in [2.45, 2.75) is 51.6 Å². The second kappa shape index (κ2) is 12.5. The van der Waals surface area contributed by atoms with Crippen LogP contribution in [0.5, 0.6) is 0 Å². The molecule has 2 aromatic rings. The van der Waals surface area contributed by atoms with Gasteiger partial charge >= 0.3 is 6.18 Å². The molecule has 2 unspecified atom stereocenters. The molecule has 1 aliphatic carbocycles. The summed E-state index contributed by atoms with van der Waals surface area (Å²) in [6, 6.07) is 8.29. The SMILES string of the molecule is CC1CC1CN(C)c1cc(C(=O)NCCCNCc2cccc(C(F)(F)F)c2)cc(N(C)S(=O)(=O)C(C)C)n1. The first-order chi connectivity index (χ1) is 18.2. The third-order valence-corrected chi connectivity index (χ3v) is 9.08. The maximum atomic E-state index is 13.0. The monoisotopic (exact) mass is 569 g/mol. The zero-order valence-electron chi connectivity index (χ0n) is 23.0. The summed E-state index contributed by atoms with van der Waals surface area (Å²) in [5.41, 5.74) is 0.138. The molecule has 12 heteroatoms. The predicted octanol–water partition coefficient (Wildman–Crippen LogP) is 4.28. The zero-order chi connectivity index (χ0) is 29.0. The van der Waals surface area contributed by atoms with Crippen molar-refractivity contribution >= 4 is 27.6 Å². The maximum Gasteiger partial charge on any atom is 0.416 e. The fourth-order valence-electron chi connectivity index (χ4n) is 4.14. The first kappa shape index (κ1) is 30.7. The van der Waals surface area contributed by atoms with E-state index in [1.54, 1.807) is 26.0 Å². The van der Waals surface area contributed by atoms with E-state index in [9.17, 15) is 26.4 Å². The number of alkyl halides is 3. The van der Waals surface area contributed by atoms with E-state index in [0.29, 0.717) is 48.3 Å². The van der Waals surface area contributed by atoms with Gasteiger partial charge in [-0.25, -0.2) is 13.4 Å². The van der Waals surface area contributed by atoms with E-state index in [4.69, 9.17) is 0 Å². The summed E-state index contributed by atoms with van der Waals surface area (Å²) >= 11 is 0. The maximum absolute atomic E-state index is 13.0. The lowest BCUT2D eigenvalue weighted by Gasteiger charge is -2.24. The minimum atomic E-state index is -4.38. The van der Waals surface area contributed by atoms with Crippen LogP contribution in [0.1, 0.15) is 55.1 Å². The molecular formula is C27H38F3N5O3S. The number of amides is 1. The van der Waals surface area contributed by atoms with E-state index in [1.165, 1.54) is 19.2 Å². The van der Waals surface area contributed by atoms with Gasteiger partial charge < -0.3 is 15.5 Å². The number of nitrogens with one attached hydrogen (secondary N) is 2. The van der Waals surface area contributed by atoms with Gasteiger partial charge in [0.15, 0.2) is 0 Å². The molecule has 1 aromatic heterocycles. The highest BCUT2D eigenvalue weighted by atomic mass is 32.2. The van der Waals surface area contributed by atoms with E-state index in [0.717, 1.165) is 29.4 Å². The lowest BCUT2D eigenvalue weighted by molar-refractivity contribution is -0.137. The van der Waals surface area contributed by atoms with Crippen LogP contribution in [0.15, 0.2) is 36.4 Å². The van der Waals surface area contributed by atoms with Crippen LogP contribution in [0, 0.1) is 11.8 Å². The molecule has 1 saturated carbocycles. The molecule has 2 N–H and O–H groups in total. The summed E-state index contributed by atoms with van der Waals surface area (Å²) in [6.07, 6.45) is -2.71. The Morgan fingerprint density at radius 3 is 2.41 bits per heavy atom. The number of carbonyl (C=O) groups excluding carboxylic acids is 1. The highest BCUT2D eigenvalue weighted by molar-refractivity contribution is 7.93. The molecule has 216 valence electrons. The fourth-order valence-corrected chi connectivity index (χ4v) is 5.13. The van der Waals surface area contributed by atoms with Crippen LogP contribution in [0.2, 0.25) is 0 Å². The van der Waals surface area contributed by atoms with Crippen LogP contribution in [-0.2, 0) is 22.7 Å². The Bertz CT molecular complexity index is 1250. The van der Waals surface area contributed by atoms with Crippen LogP contribution < -0.4 is 19.8 Å². The lowest BCUT2D eigenvalue weighted by Crippen LogP contribution is -2.34. The number of aromatic nitrogens is 1. The van der Waals surface area contributed by atoms with Crippen molar-refractivity contribution in [3.05, 3.63) is 53.1 Å². The smallest absolute Gasteiger partial charge is 0.359 e. The van der Waals surface area contributed by atoms with Crippen LogP contribution in [-0.4, -0.2) is 58.3 Å². The van der Waals surface area contributed by atoms with Gasteiger partial charge in [-0.2, -0.15) is 13.2 Å². The summed E-state index contributed by atoms with van der Waals surface area (Å²) in [5.74, 6) is 1.50. The molecule has 2 atom stereocenters. The molecule has 8 nitrogen and oxygen atoms in total. The summed E-state index contributed by atoms with van der Waals surface area (Å²) in [5, 5.41) is 5.27. The average molecular weight is 570 g/mol. The summed E-state index contributed by atoms with van der Waals surface area (Å²) in [6.45, 7) is 7.21. The molecule has 0 spiro atoms. The molecule has 0 bridgehead atoms. The first-order valence-electron chi connectivity index (χ1n) is 13.1. The van der Waals surface area contributed by atoms with Crippen LogP contribution in [0.25, 0.3) is 0 Å². The molecule has 0 radical (unpaired) electrons. The van der Waals surface area contributed by atoms with Gasteiger partial charge in [0.2, 0.25) is 10.0 Å². The minimum Gasteiger partial charge on any atom is -0.359 e.